The van der Waals surface area contributed by atoms with E-state index in [1.807, 2.05) is 28.0 Å². The number of likely N-dealkylation sites (tertiary alicyclic amines) is 1. The number of carboxylic acid groups (broad SMARTS) is 1. The molecule has 1 aliphatic carbocycles. The molecule has 2 saturated heterocycles. The average Bonchev–Trinajstić information content (AvgIpc) is 3.25. The summed E-state index contributed by atoms with van der Waals surface area (Å²) in [7, 11) is 1.65. The molecule has 33 heavy (non-hydrogen) atoms. The molecule has 1 unspecified atom stereocenters. The molecule has 1 saturated carbocycles. The van der Waals surface area contributed by atoms with Gasteiger partial charge in [-0.05, 0) is 61.8 Å². The third-order valence-corrected chi connectivity index (χ3v) is 6.58. The number of nitrogens with two attached hydrogens (primary N) is 1. The summed E-state index contributed by atoms with van der Waals surface area (Å²) in [6.45, 7) is 4.99. The minimum Gasteiger partial charge on any atom is -0.496 e. The van der Waals surface area contributed by atoms with Gasteiger partial charge in [-0.3, -0.25) is 14.4 Å². The molecule has 3 fully saturated rings. The minimum atomic E-state index is -0.833. The van der Waals surface area contributed by atoms with Gasteiger partial charge in [0.2, 0.25) is 5.91 Å². The second kappa shape index (κ2) is 11.0. The van der Waals surface area contributed by atoms with Crippen molar-refractivity contribution in [1.29, 1.82) is 0 Å². The first-order valence-electron chi connectivity index (χ1n) is 11.5. The molecular formula is C24H35N3O6. The highest BCUT2D eigenvalue weighted by Crippen LogP contribution is 2.34. The quantitative estimate of drug-likeness (QED) is 0.682. The van der Waals surface area contributed by atoms with Crippen LogP contribution in [-0.4, -0.2) is 84.7 Å². The second-order valence-corrected chi connectivity index (χ2v) is 9.07. The Kier molecular flexibility index (Phi) is 8.31. The maximum Gasteiger partial charge on any atom is 0.300 e. The van der Waals surface area contributed by atoms with Gasteiger partial charge in [-0.15, -0.1) is 0 Å². The molecule has 182 valence electrons. The molecule has 1 aromatic rings. The van der Waals surface area contributed by atoms with E-state index in [-0.39, 0.29) is 11.8 Å². The zero-order valence-corrected chi connectivity index (χ0v) is 19.5. The first-order chi connectivity index (χ1) is 15.7. The molecule has 2 aliphatic heterocycles. The molecule has 2 heterocycles. The van der Waals surface area contributed by atoms with E-state index in [4.69, 9.17) is 25.1 Å². The Bertz CT molecular complexity index is 860. The Morgan fingerprint density at radius 2 is 1.85 bits per heavy atom. The van der Waals surface area contributed by atoms with Crippen molar-refractivity contribution in [1.82, 2.24) is 9.80 Å². The lowest BCUT2D eigenvalue weighted by molar-refractivity contribution is -0.139. The fraction of sp³-hybridized carbons (Fsp3) is 0.625. The molecule has 1 aromatic carbocycles. The van der Waals surface area contributed by atoms with Gasteiger partial charge in [0.05, 0.1) is 25.9 Å². The Morgan fingerprint density at radius 3 is 2.42 bits per heavy atom. The number of carbonyl (C=O) groups is 3. The van der Waals surface area contributed by atoms with Crippen LogP contribution in [0.4, 0.5) is 0 Å². The Hall–Kier alpha value is -2.65. The maximum absolute atomic E-state index is 12.8. The van der Waals surface area contributed by atoms with Crippen molar-refractivity contribution in [3.05, 3.63) is 29.3 Å². The van der Waals surface area contributed by atoms with Crippen LogP contribution in [0.25, 0.3) is 0 Å². The van der Waals surface area contributed by atoms with E-state index in [0.29, 0.717) is 37.8 Å². The van der Waals surface area contributed by atoms with Gasteiger partial charge >= 0.3 is 0 Å². The van der Waals surface area contributed by atoms with Crippen molar-refractivity contribution >= 4 is 17.8 Å². The number of carboxylic acids is 1. The number of hydrogen-bond donors (Lipinski definition) is 2. The van der Waals surface area contributed by atoms with Crippen molar-refractivity contribution in [2.45, 2.75) is 44.6 Å². The van der Waals surface area contributed by atoms with E-state index in [9.17, 15) is 9.59 Å². The summed E-state index contributed by atoms with van der Waals surface area (Å²) in [5.41, 5.74) is 7.31. The highest BCUT2D eigenvalue weighted by molar-refractivity contribution is 5.94. The molecule has 0 radical (unpaired) electrons. The summed E-state index contributed by atoms with van der Waals surface area (Å²) in [5, 5.41) is 7.42. The SMILES string of the molecule is CC(=O)O.COc1ccc(C(=O)N2CCOCC2)cc1CC1CCN(C(=O)C2(N)CCC2)C1. The third kappa shape index (κ3) is 6.23. The summed E-state index contributed by atoms with van der Waals surface area (Å²) >= 11 is 0. The summed E-state index contributed by atoms with van der Waals surface area (Å²) in [6, 6.07) is 5.67. The first kappa shape index (κ1) is 25.0. The van der Waals surface area contributed by atoms with Crippen LogP contribution in [0.15, 0.2) is 18.2 Å². The van der Waals surface area contributed by atoms with Crippen LogP contribution in [0.5, 0.6) is 5.75 Å². The number of methoxy groups -OCH3 is 1. The predicted octanol–water partition coefficient (Wildman–Crippen LogP) is 1.53. The topological polar surface area (TPSA) is 122 Å². The van der Waals surface area contributed by atoms with Crippen molar-refractivity contribution < 1.29 is 29.0 Å². The normalized spacial score (nSPS) is 21.5. The van der Waals surface area contributed by atoms with Crippen molar-refractivity contribution in [3.8, 4) is 5.75 Å². The number of carbonyl (C=O) groups excluding carboxylic acids is 2. The monoisotopic (exact) mass is 461 g/mol. The maximum atomic E-state index is 12.8. The molecule has 1 atom stereocenters. The van der Waals surface area contributed by atoms with Crippen molar-refractivity contribution in [2.24, 2.45) is 11.7 Å². The van der Waals surface area contributed by atoms with E-state index in [0.717, 1.165) is 63.4 Å². The molecule has 9 nitrogen and oxygen atoms in total. The minimum absolute atomic E-state index is 0.0375. The molecule has 0 bridgehead atoms. The Morgan fingerprint density at radius 1 is 1.18 bits per heavy atom. The van der Waals surface area contributed by atoms with Gasteiger partial charge in [0.1, 0.15) is 5.75 Å². The number of benzene rings is 1. The molecule has 4 rings (SSSR count). The first-order valence-corrected chi connectivity index (χ1v) is 11.5. The number of nitrogens with zero attached hydrogens (tertiary/aromatic N) is 2. The fourth-order valence-corrected chi connectivity index (χ4v) is 4.60. The fourth-order valence-electron chi connectivity index (χ4n) is 4.60. The van der Waals surface area contributed by atoms with E-state index < -0.39 is 11.5 Å². The molecule has 0 spiro atoms. The van der Waals surface area contributed by atoms with E-state index in [2.05, 4.69) is 0 Å². The number of amides is 2. The van der Waals surface area contributed by atoms with Crippen LogP contribution in [0.3, 0.4) is 0 Å². The lowest BCUT2D eigenvalue weighted by atomic mass is 9.76. The number of rotatable bonds is 5. The van der Waals surface area contributed by atoms with E-state index in [1.54, 1.807) is 7.11 Å². The lowest BCUT2D eigenvalue weighted by Gasteiger charge is -2.39. The zero-order valence-electron chi connectivity index (χ0n) is 19.5. The molecule has 0 aromatic heterocycles. The molecule has 9 heteroatoms. The van der Waals surface area contributed by atoms with Crippen LogP contribution >= 0.6 is 0 Å². The Balaban J connectivity index is 0.000000709. The number of hydrogen-bond acceptors (Lipinski definition) is 6. The zero-order chi connectivity index (χ0) is 24.0. The molecular weight excluding hydrogens is 426 g/mol. The van der Waals surface area contributed by atoms with Crippen molar-refractivity contribution in [3.63, 3.8) is 0 Å². The summed E-state index contributed by atoms with van der Waals surface area (Å²) < 4.78 is 10.9. The van der Waals surface area contributed by atoms with Gasteiger partial charge < -0.3 is 30.1 Å². The smallest absolute Gasteiger partial charge is 0.300 e. The van der Waals surface area contributed by atoms with Gasteiger partial charge in [0, 0.05) is 38.7 Å². The molecule has 3 N–H and O–H groups in total. The van der Waals surface area contributed by atoms with Crippen LogP contribution in [0, 0.1) is 5.92 Å². The average molecular weight is 462 g/mol. The highest BCUT2D eigenvalue weighted by atomic mass is 16.5. The van der Waals surface area contributed by atoms with Crippen LogP contribution < -0.4 is 10.5 Å². The van der Waals surface area contributed by atoms with Gasteiger partial charge in [0.15, 0.2) is 0 Å². The number of ether oxygens (including phenoxy) is 2. The number of aliphatic carboxylic acids is 1. The highest BCUT2D eigenvalue weighted by Gasteiger charge is 2.44. The van der Waals surface area contributed by atoms with Crippen LogP contribution in [0.1, 0.15) is 48.5 Å². The Labute approximate surface area is 194 Å². The van der Waals surface area contributed by atoms with E-state index >= 15 is 0 Å². The molecule has 3 aliphatic rings. The largest absolute Gasteiger partial charge is 0.496 e. The summed E-state index contributed by atoms with van der Waals surface area (Å²) in [5.74, 6) is 0.456. The van der Waals surface area contributed by atoms with Crippen LogP contribution in [-0.2, 0) is 20.7 Å². The van der Waals surface area contributed by atoms with Gasteiger partial charge in [-0.25, -0.2) is 0 Å². The molecule has 2 amide bonds. The van der Waals surface area contributed by atoms with Crippen LogP contribution in [0.2, 0.25) is 0 Å². The van der Waals surface area contributed by atoms with Gasteiger partial charge in [-0.2, -0.15) is 0 Å². The van der Waals surface area contributed by atoms with Gasteiger partial charge in [-0.1, -0.05) is 0 Å². The third-order valence-electron chi connectivity index (χ3n) is 6.58. The van der Waals surface area contributed by atoms with Crippen molar-refractivity contribution in [2.75, 3.05) is 46.5 Å². The summed E-state index contributed by atoms with van der Waals surface area (Å²) in [6.07, 6.45) is 4.38. The van der Waals surface area contributed by atoms with Gasteiger partial charge in [0.25, 0.3) is 11.9 Å². The predicted molar refractivity (Wildman–Crippen MR) is 122 cm³/mol. The second-order valence-electron chi connectivity index (χ2n) is 9.07. The number of morpholine rings is 1. The lowest BCUT2D eigenvalue weighted by Crippen LogP contribution is -2.59. The standard InChI is InChI=1S/C22H31N3O4.C2H4O2/c1-28-19-4-3-17(20(26)24-9-11-29-12-10-24)14-18(19)13-16-5-8-25(15-16)21(27)22(23)6-2-7-22;1-2(3)4/h3-4,14,16H,2,5-13,15,23H2,1H3;1H3,(H,3,4). The summed E-state index contributed by atoms with van der Waals surface area (Å²) in [4.78, 5) is 38.3. The van der Waals surface area contributed by atoms with E-state index in [1.165, 1.54) is 0 Å².